The van der Waals surface area contributed by atoms with Gasteiger partial charge in [0.05, 0.1) is 29.1 Å². The Bertz CT molecular complexity index is 570. The second-order valence-corrected chi connectivity index (χ2v) is 8.00. The van der Waals surface area contributed by atoms with Crippen LogP contribution in [0.1, 0.15) is 19.8 Å². The highest BCUT2D eigenvalue weighted by atomic mass is 16.8. The molecule has 7 unspecified atom stereocenters. The van der Waals surface area contributed by atoms with Crippen LogP contribution in [0.4, 0.5) is 0 Å². The van der Waals surface area contributed by atoms with Crippen molar-refractivity contribution in [2.75, 3.05) is 6.61 Å². The van der Waals surface area contributed by atoms with Crippen molar-refractivity contribution in [3.63, 3.8) is 0 Å². The van der Waals surface area contributed by atoms with Gasteiger partial charge in [0.1, 0.15) is 12.2 Å². The summed E-state index contributed by atoms with van der Waals surface area (Å²) in [6.07, 6.45) is -4.94. The predicted octanol–water partition coefficient (Wildman–Crippen LogP) is -1.25. The molecular formula is C16H22O8. The van der Waals surface area contributed by atoms with Gasteiger partial charge in [0, 0.05) is 12.5 Å². The summed E-state index contributed by atoms with van der Waals surface area (Å²) in [6, 6.07) is 0. The van der Waals surface area contributed by atoms with Gasteiger partial charge in [-0.1, -0.05) is 6.92 Å². The molecule has 0 aromatic carbocycles. The standard InChI is InChI=1S/C16H22O8/c1-6-4-21-8-3-16-11(22-5-17)7(18)2-15(16)10(19)13(20)24-14(15)23-12(16)9(6)8/h5-14,18-20H,2-4H2,1H3/t6-,7-,8?,9?,10+,11?,12?,13+,14?,15?,16?/m1/s1. The molecular weight excluding hydrogens is 320 g/mol. The molecule has 3 saturated heterocycles. The van der Waals surface area contributed by atoms with Crippen LogP contribution in [-0.4, -0.2) is 71.5 Å². The zero-order chi connectivity index (χ0) is 16.9. The van der Waals surface area contributed by atoms with E-state index in [4.69, 9.17) is 18.9 Å². The van der Waals surface area contributed by atoms with Gasteiger partial charge in [-0.2, -0.15) is 0 Å². The molecule has 134 valence electrons. The van der Waals surface area contributed by atoms with Crippen molar-refractivity contribution in [1.82, 2.24) is 0 Å². The number of aliphatic hydroxyl groups excluding tert-OH is 3. The molecule has 0 radical (unpaired) electrons. The number of fused-ring (bicyclic) bond motifs is 2. The Labute approximate surface area is 138 Å². The average Bonchev–Trinajstić information content (AvgIpc) is 3.23. The predicted molar refractivity (Wildman–Crippen MR) is 75.2 cm³/mol. The van der Waals surface area contributed by atoms with Crippen molar-refractivity contribution in [2.45, 2.75) is 62.9 Å². The van der Waals surface area contributed by atoms with E-state index < -0.39 is 41.7 Å². The molecule has 3 N–H and O–H groups in total. The first kappa shape index (κ1) is 15.5. The monoisotopic (exact) mass is 342 g/mol. The van der Waals surface area contributed by atoms with E-state index in [1.165, 1.54) is 0 Å². The van der Waals surface area contributed by atoms with Crippen LogP contribution in [0.2, 0.25) is 0 Å². The Hall–Kier alpha value is -0.770. The van der Waals surface area contributed by atoms with E-state index >= 15 is 0 Å². The highest BCUT2D eigenvalue weighted by Crippen LogP contribution is 2.75. The fraction of sp³-hybridized carbons (Fsp3) is 0.938. The number of aliphatic hydroxyl groups is 3. The number of ether oxygens (including phenoxy) is 4. The van der Waals surface area contributed by atoms with Crippen molar-refractivity contribution in [3.05, 3.63) is 0 Å². The third kappa shape index (κ3) is 1.42. The van der Waals surface area contributed by atoms with E-state index in [2.05, 4.69) is 6.92 Å². The van der Waals surface area contributed by atoms with E-state index in [1.54, 1.807) is 0 Å². The molecule has 0 amide bonds. The number of carbonyl (C=O) groups is 1. The molecule has 5 fully saturated rings. The number of hydrogen-bond acceptors (Lipinski definition) is 8. The topological polar surface area (TPSA) is 115 Å². The maximum Gasteiger partial charge on any atom is 0.293 e. The molecule has 5 aliphatic rings. The first-order valence-electron chi connectivity index (χ1n) is 8.53. The molecule has 2 aliphatic carbocycles. The Morgan fingerprint density at radius 3 is 2.71 bits per heavy atom. The van der Waals surface area contributed by atoms with Gasteiger partial charge in [-0.3, -0.25) is 4.79 Å². The van der Waals surface area contributed by atoms with Crippen molar-refractivity contribution in [3.8, 4) is 0 Å². The molecule has 0 aromatic rings. The van der Waals surface area contributed by atoms with Gasteiger partial charge in [0.15, 0.2) is 12.6 Å². The lowest BCUT2D eigenvalue weighted by atomic mass is 9.61. The van der Waals surface area contributed by atoms with Gasteiger partial charge < -0.3 is 34.3 Å². The minimum Gasteiger partial charge on any atom is -0.461 e. The van der Waals surface area contributed by atoms with Crippen molar-refractivity contribution < 1.29 is 39.1 Å². The van der Waals surface area contributed by atoms with E-state index in [9.17, 15) is 20.1 Å². The number of rotatable bonds is 2. The van der Waals surface area contributed by atoms with Crippen molar-refractivity contribution in [1.29, 1.82) is 0 Å². The second kappa shape index (κ2) is 4.69. The van der Waals surface area contributed by atoms with Gasteiger partial charge in [0.2, 0.25) is 0 Å². The Morgan fingerprint density at radius 2 is 1.96 bits per heavy atom. The molecule has 8 heteroatoms. The van der Waals surface area contributed by atoms with E-state index in [0.29, 0.717) is 19.5 Å². The van der Waals surface area contributed by atoms with Gasteiger partial charge in [-0.15, -0.1) is 0 Å². The SMILES string of the molecule is C[C@@H]1COC2CC34C(OC5O[C@H](O)[C@H](O)C53C[C@@H](O)C4OC=O)C21. The summed E-state index contributed by atoms with van der Waals surface area (Å²) in [4.78, 5) is 11.1. The number of hydrogen-bond donors (Lipinski definition) is 3. The fourth-order valence-corrected chi connectivity index (χ4v) is 6.53. The lowest BCUT2D eigenvalue weighted by Crippen LogP contribution is -2.54. The van der Waals surface area contributed by atoms with Crippen LogP contribution in [0.5, 0.6) is 0 Å². The normalized spacial score (nSPS) is 63.8. The molecule has 2 saturated carbocycles. The minimum atomic E-state index is -1.38. The third-order valence-electron chi connectivity index (χ3n) is 7.28. The van der Waals surface area contributed by atoms with Crippen LogP contribution in [0.3, 0.4) is 0 Å². The second-order valence-electron chi connectivity index (χ2n) is 8.00. The Kier molecular flexibility index (Phi) is 3.02. The molecule has 8 nitrogen and oxygen atoms in total. The molecule has 3 aliphatic heterocycles. The smallest absolute Gasteiger partial charge is 0.293 e. The van der Waals surface area contributed by atoms with Crippen molar-refractivity contribution >= 4 is 6.47 Å². The van der Waals surface area contributed by atoms with Gasteiger partial charge in [-0.25, -0.2) is 0 Å². The van der Waals surface area contributed by atoms with E-state index in [1.807, 2.05) is 0 Å². The lowest BCUT2D eigenvalue weighted by molar-refractivity contribution is -0.215. The molecule has 0 aromatic heterocycles. The zero-order valence-electron chi connectivity index (χ0n) is 13.3. The summed E-state index contributed by atoms with van der Waals surface area (Å²) in [5, 5.41) is 31.4. The first-order valence-corrected chi connectivity index (χ1v) is 8.53. The maximum atomic E-state index is 11.1. The van der Waals surface area contributed by atoms with Gasteiger partial charge in [-0.05, 0) is 18.8 Å². The summed E-state index contributed by atoms with van der Waals surface area (Å²) < 4.78 is 22.9. The number of carbonyl (C=O) groups excluding carboxylic acids is 1. The Balaban J connectivity index is 1.67. The molecule has 5 rings (SSSR count). The van der Waals surface area contributed by atoms with Crippen LogP contribution in [0, 0.1) is 22.7 Å². The summed E-state index contributed by atoms with van der Waals surface area (Å²) in [5.41, 5.74) is -1.82. The zero-order valence-corrected chi connectivity index (χ0v) is 13.3. The lowest BCUT2D eigenvalue weighted by Gasteiger charge is -2.42. The van der Waals surface area contributed by atoms with Gasteiger partial charge in [0.25, 0.3) is 6.47 Å². The van der Waals surface area contributed by atoms with Crippen LogP contribution in [0.15, 0.2) is 0 Å². The maximum absolute atomic E-state index is 11.1. The highest BCUT2D eigenvalue weighted by Gasteiger charge is 2.85. The van der Waals surface area contributed by atoms with Crippen LogP contribution < -0.4 is 0 Å². The molecule has 24 heavy (non-hydrogen) atoms. The van der Waals surface area contributed by atoms with Crippen LogP contribution in [0.25, 0.3) is 0 Å². The molecule has 0 bridgehead atoms. The summed E-state index contributed by atoms with van der Waals surface area (Å²) in [5.74, 6) is 0.343. The Morgan fingerprint density at radius 1 is 1.17 bits per heavy atom. The minimum absolute atomic E-state index is 0.0733. The first-order chi connectivity index (χ1) is 11.5. The third-order valence-corrected chi connectivity index (χ3v) is 7.28. The van der Waals surface area contributed by atoms with E-state index in [-0.39, 0.29) is 30.5 Å². The molecule has 2 spiro atoms. The summed E-state index contributed by atoms with van der Waals surface area (Å²) in [6.45, 7) is 3.06. The quantitative estimate of drug-likeness (QED) is 0.534. The summed E-state index contributed by atoms with van der Waals surface area (Å²) >= 11 is 0. The van der Waals surface area contributed by atoms with Gasteiger partial charge >= 0.3 is 0 Å². The molecule has 3 heterocycles. The molecule has 11 atom stereocenters. The average molecular weight is 342 g/mol. The van der Waals surface area contributed by atoms with E-state index in [0.717, 1.165) is 0 Å². The van der Waals surface area contributed by atoms with Crippen molar-refractivity contribution in [2.24, 2.45) is 22.7 Å². The summed E-state index contributed by atoms with van der Waals surface area (Å²) in [7, 11) is 0. The fourth-order valence-electron chi connectivity index (χ4n) is 6.53. The van der Waals surface area contributed by atoms with Crippen LogP contribution in [-0.2, 0) is 23.7 Å². The highest BCUT2D eigenvalue weighted by molar-refractivity contribution is 5.40. The largest absolute Gasteiger partial charge is 0.461 e. The van der Waals surface area contributed by atoms with Crippen LogP contribution >= 0.6 is 0 Å².